The molecule has 4 atom stereocenters. The van der Waals surface area contributed by atoms with Gasteiger partial charge in [-0.1, -0.05) is 60.2 Å². The van der Waals surface area contributed by atoms with Gasteiger partial charge in [-0.3, -0.25) is 9.78 Å². The third-order valence-electron chi connectivity index (χ3n) is 5.61. The van der Waals surface area contributed by atoms with Crippen LogP contribution in [0.25, 0.3) is 0 Å². The lowest BCUT2D eigenvalue weighted by atomic mass is 9.71. The molecule has 0 spiro atoms. The van der Waals surface area contributed by atoms with Crippen LogP contribution in [-0.2, 0) is 16.0 Å². The number of benzene rings is 1. The first kappa shape index (κ1) is 23.8. The SMILES string of the molecule is C/C=C\C=CC(C(=O)O)[C@@H](O)[C@@]1(O)c2ncc(Cl)cc2O[C@]1(C)c1ccc(C(F)F)cc1. The Hall–Kier alpha value is -2.81. The highest BCUT2D eigenvalue weighted by Crippen LogP contribution is 2.55. The number of rotatable bonds is 7. The smallest absolute Gasteiger partial charge is 0.313 e. The van der Waals surface area contributed by atoms with Crippen molar-refractivity contribution >= 4 is 17.6 Å². The first-order valence-electron chi connectivity index (χ1n) is 9.72. The number of halogens is 3. The normalized spacial score (nSPS) is 24.6. The van der Waals surface area contributed by atoms with Crippen LogP contribution in [0.4, 0.5) is 8.78 Å². The van der Waals surface area contributed by atoms with Gasteiger partial charge in [-0.05, 0) is 19.4 Å². The molecule has 9 heteroatoms. The maximum atomic E-state index is 13.0. The number of hydrogen-bond acceptors (Lipinski definition) is 5. The Labute approximate surface area is 188 Å². The second-order valence-corrected chi connectivity index (χ2v) is 7.98. The highest BCUT2D eigenvalue weighted by atomic mass is 35.5. The second kappa shape index (κ2) is 8.97. The van der Waals surface area contributed by atoms with Crippen LogP contribution in [-0.4, -0.2) is 32.4 Å². The van der Waals surface area contributed by atoms with Crippen LogP contribution in [0, 0.1) is 5.92 Å². The predicted molar refractivity (Wildman–Crippen MR) is 114 cm³/mol. The number of aromatic nitrogens is 1. The Balaban J connectivity index is 2.19. The summed E-state index contributed by atoms with van der Waals surface area (Å²) < 4.78 is 32.0. The van der Waals surface area contributed by atoms with Gasteiger partial charge in [0.15, 0.2) is 11.2 Å². The zero-order chi connectivity index (χ0) is 23.7. The summed E-state index contributed by atoms with van der Waals surface area (Å²) in [6, 6.07) is 6.39. The fourth-order valence-electron chi connectivity index (χ4n) is 3.83. The minimum absolute atomic E-state index is 0.0426. The fourth-order valence-corrected chi connectivity index (χ4v) is 3.98. The van der Waals surface area contributed by atoms with E-state index < -0.39 is 35.6 Å². The lowest BCUT2D eigenvalue weighted by Crippen LogP contribution is -2.57. The third kappa shape index (κ3) is 3.90. The van der Waals surface area contributed by atoms with E-state index in [2.05, 4.69) is 4.98 Å². The van der Waals surface area contributed by atoms with Crippen LogP contribution in [0.1, 0.15) is 37.1 Å². The molecule has 3 N–H and O–H groups in total. The number of carbonyl (C=O) groups is 1. The number of aliphatic hydroxyl groups is 2. The zero-order valence-electron chi connectivity index (χ0n) is 17.2. The van der Waals surface area contributed by atoms with Crippen LogP contribution in [0.3, 0.4) is 0 Å². The first-order valence-corrected chi connectivity index (χ1v) is 10.1. The number of fused-ring (bicyclic) bond motifs is 1. The van der Waals surface area contributed by atoms with Gasteiger partial charge >= 0.3 is 5.97 Å². The van der Waals surface area contributed by atoms with Gasteiger partial charge in [0.2, 0.25) is 0 Å². The minimum Gasteiger partial charge on any atom is -0.481 e. The standard InChI is InChI=1S/C23H22ClF2NO5/c1-3-4-5-6-16(21(29)30)19(28)23(31)18-17(11-15(24)12-27-18)32-22(23,2)14-9-7-13(8-10-14)20(25)26/h3-12,16,19-20,28,31H,1-2H3,(H,29,30)/b4-3-,6-5?/t16?,19-,22-,23+/m1/s1. The Morgan fingerprint density at radius 2 is 1.91 bits per heavy atom. The minimum atomic E-state index is -2.70. The number of allylic oxidation sites excluding steroid dienone is 3. The van der Waals surface area contributed by atoms with Crippen molar-refractivity contribution in [2.24, 2.45) is 5.92 Å². The van der Waals surface area contributed by atoms with Crippen molar-refractivity contribution < 1.29 is 33.6 Å². The fraction of sp³-hybridized carbons (Fsp3) is 0.304. The number of alkyl halides is 2. The molecule has 1 unspecified atom stereocenters. The largest absolute Gasteiger partial charge is 0.481 e. The molecule has 3 rings (SSSR count). The van der Waals surface area contributed by atoms with Crippen LogP contribution in [0.15, 0.2) is 60.8 Å². The summed E-state index contributed by atoms with van der Waals surface area (Å²) >= 11 is 6.01. The predicted octanol–water partition coefficient (Wildman–Crippen LogP) is 4.36. The molecule has 2 heterocycles. The molecule has 0 amide bonds. The molecule has 0 saturated carbocycles. The molecule has 1 aromatic carbocycles. The number of aliphatic hydroxyl groups excluding tert-OH is 1. The van der Waals surface area contributed by atoms with E-state index in [4.69, 9.17) is 16.3 Å². The molecule has 6 nitrogen and oxygen atoms in total. The first-order chi connectivity index (χ1) is 15.1. The average Bonchev–Trinajstić information content (AvgIpc) is 2.98. The Morgan fingerprint density at radius 3 is 2.47 bits per heavy atom. The van der Waals surface area contributed by atoms with Gasteiger partial charge in [0.25, 0.3) is 6.43 Å². The molecule has 1 aromatic heterocycles. The second-order valence-electron chi connectivity index (χ2n) is 7.54. The molecule has 0 radical (unpaired) electrons. The van der Waals surface area contributed by atoms with Crippen LogP contribution < -0.4 is 4.74 Å². The molecule has 1 aliphatic heterocycles. The summed E-state index contributed by atoms with van der Waals surface area (Å²) in [7, 11) is 0. The van der Waals surface area contributed by atoms with Gasteiger partial charge in [0.1, 0.15) is 23.5 Å². The molecule has 2 aromatic rings. The van der Waals surface area contributed by atoms with E-state index >= 15 is 0 Å². The van der Waals surface area contributed by atoms with E-state index in [1.807, 2.05) is 0 Å². The number of ether oxygens (including phenoxy) is 1. The zero-order valence-corrected chi connectivity index (χ0v) is 18.0. The summed E-state index contributed by atoms with van der Waals surface area (Å²) in [6.07, 6.45) is 2.53. The van der Waals surface area contributed by atoms with Crippen molar-refractivity contribution in [3.05, 3.63) is 82.7 Å². The maximum Gasteiger partial charge on any atom is 0.313 e. The van der Waals surface area contributed by atoms with Crippen molar-refractivity contribution in [1.82, 2.24) is 4.98 Å². The number of aliphatic carboxylic acids is 1. The molecular formula is C23H22ClF2NO5. The van der Waals surface area contributed by atoms with Gasteiger partial charge in [0, 0.05) is 17.8 Å². The molecule has 0 aliphatic carbocycles. The number of carboxylic acids is 1. The van der Waals surface area contributed by atoms with E-state index in [1.54, 1.807) is 19.1 Å². The van der Waals surface area contributed by atoms with Crippen LogP contribution in [0.2, 0.25) is 5.02 Å². The summed E-state index contributed by atoms with van der Waals surface area (Å²) in [5.41, 5.74) is -4.24. The van der Waals surface area contributed by atoms with E-state index in [-0.39, 0.29) is 27.6 Å². The summed E-state index contributed by atoms with van der Waals surface area (Å²) in [6.45, 7) is 3.16. The lowest BCUT2D eigenvalue weighted by molar-refractivity contribution is -0.193. The monoisotopic (exact) mass is 465 g/mol. The van der Waals surface area contributed by atoms with Crippen LogP contribution >= 0.6 is 11.6 Å². The Morgan fingerprint density at radius 1 is 1.25 bits per heavy atom. The highest BCUT2D eigenvalue weighted by molar-refractivity contribution is 6.30. The molecule has 1 aliphatic rings. The van der Waals surface area contributed by atoms with Gasteiger partial charge in [-0.2, -0.15) is 0 Å². The van der Waals surface area contributed by atoms with Crippen molar-refractivity contribution in [2.75, 3.05) is 0 Å². The molecule has 0 bridgehead atoms. The molecular weight excluding hydrogens is 444 g/mol. The number of carboxylic acid groups (broad SMARTS) is 1. The summed E-state index contributed by atoms with van der Waals surface area (Å²) in [5.74, 6) is -2.88. The molecule has 0 fully saturated rings. The van der Waals surface area contributed by atoms with Gasteiger partial charge in [0.05, 0.1) is 5.02 Å². The molecule has 0 saturated heterocycles. The number of pyridine rings is 1. The van der Waals surface area contributed by atoms with E-state index in [0.717, 1.165) is 0 Å². The van der Waals surface area contributed by atoms with E-state index in [9.17, 15) is 28.9 Å². The molecule has 170 valence electrons. The Bertz CT molecular complexity index is 1060. The highest BCUT2D eigenvalue weighted by Gasteiger charge is 2.64. The van der Waals surface area contributed by atoms with E-state index in [0.29, 0.717) is 0 Å². The van der Waals surface area contributed by atoms with Crippen molar-refractivity contribution in [2.45, 2.75) is 37.6 Å². The molecule has 32 heavy (non-hydrogen) atoms. The lowest BCUT2D eigenvalue weighted by Gasteiger charge is -2.42. The maximum absolute atomic E-state index is 13.0. The van der Waals surface area contributed by atoms with Crippen molar-refractivity contribution in [3.8, 4) is 5.75 Å². The van der Waals surface area contributed by atoms with E-state index in [1.165, 1.54) is 55.6 Å². The number of hydrogen-bond donors (Lipinski definition) is 3. The van der Waals surface area contributed by atoms with Gasteiger partial charge in [-0.15, -0.1) is 0 Å². The quantitative estimate of drug-likeness (QED) is 0.525. The van der Waals surface area contributed by atoms with Crippen molar-refractivity contribution in [1.29, 1.82) is 0 Å². The third-order valence-corrected chi connectivity index (χ3v) is 5.82. The number of nitrogens with zero attached hydrogens (tertiary/aromatic N) is 1. The summed E-state index contributed by atoms with van der Waals surface area (Å²) in [4.78, 5) is 16.1. The van der Waals surface area contributed by atoms with Crippen LogP contribution in [0.5, 0.6) is 5.75 Å². The van der Waals surface area contributed by atoms with Gasteiger partial charge in [-0.25, -0.2) is 8.78 Å². The topological polar surface area (TPSA) is 99.9 Å². The van der Waals surface area contributed by atoms with Gasteiger partial charge < -0.3 is 20.1 Å². The van der Waals surface area contributed by atoms with Crippen molar-refractivity contribution in [3.63, 3.8) is 0 Å². The average molecular weight is 466 g/mol. The summed E-state index contributed by atoms with van der Waals surface area (Å²) in [5, 5.41) is 33.0. The Kier molecular flexibility index (Phi) is 6.69.